The number of aromatic nitrogens is 2. The van der Waals surface area contributed by atoms with Gasteiger partial charge in [-0.1, -0.05) is 29.8 Å². The summed E-state index contributed by atoms with van der Waals surface area (Å²) < 4.78 is 50.4. The first-order valence-corrected chi connectivity index (χ1v) is 11.3. The molecule has 0 aliphatic carbocycles. The summed E-state index contributed by atoms with van der Waals surface area (Å²) in [7, 11) is 3.13. The standard InChI is InChI=1S/C25H25ClF3N3O2/c1-33-21-7-6-18(22(26)24(21)34-2)14-32-10-8-16(9-11-32)23-20(13-30-15-31-23)17-4-3-5-19(12-17)25(27,28)29/h3-7,12-13,15-16H,8-11,14H2,1-2H3. The summed E-state index contributed by atoms with van der Waals surface area (Å²) in [6.45, 7) is 2.28. The van der Waals surface area contributed by atoms with Gasteiger partial charge in [0.1, 0.15) is 6.33 Å². The van der Waals surface area contributed by atoms with Crippen LogP contribution in [-0.4, -0.2) is 42.2 Å². The van der Waals surface area contributed by atoms with Gasteiger partial charge in [-0.3, -0.25) is 4.90 Å². The molecule has 2 heterocycles. The summed E-state index contributed by atoms with van der Waals surface area (Å²) in [5.74, 6) is 1.23. The van der Waals surface area contributed by atoms with E-state index in [9.17, 15) is 13.2 Å². The zero-order valence-corrected chi connectivity index (χ0v) is 19.7. The molecular formula is C25H25ClF3N3O2. The van der Waals surface area contributed by atoms with Gasteiger partial charge in [-0.05, 0) is 55.3 Å². The normalized spacial score (nSPS) is 15.4. The highest BCUT2D eigenvalue weighted by Crippen LogP contribution is 2.39. The van der Waals surface area contributed by atoms with Crippen molar-refractivity contribution in [3.05, 3.63) is 70.8 Å². The molecule has 0 amide bonds. The van der Waals surface area contributed by atoms with Gasteiger partial charge in [0.15, 0.2) is 11.5 Å². The third kappa shape index (κ3) is 5.13. The first kappa shape index (κ1) is 24.3. The van der Waals surface area contributed by atoms with Gasteiger partial charge in [0.2, 0.25) is 0 Å². The van der Waals surface area contributed by atoms with Crippen molar-refractivity contribution >= 4 is 11.6 Å². The monoisotopic (exact) mass is 491 g/mol. The van der Waals surface area contributed by atoms with E-state index in [4.69, 9.17) is 21.1 Å². The summed E-state index contributed by atoms with van der Waals surface area (Å²) in [4.78, 5) is 10.9. The predicted octanol–water partition coefficient (Wildman–Crippen LogP) is 6.21. The highest BCUT2D eigenvalue weighted by Gasteiger charge is 2.31. The van der Waals surface area contributed by atoms with E-state index in [-0.39, 0.29) is 5.92 Å². The molecule has 5 nitrogen and oxygen atoms in total. The van der Waals surface area contributed by atoms with Gasteiger partial charge < -0.3 is 9.47 Å². The smallest absolute Gasteiger partial charge is 0.416 e. The molecule has 0 N–H and O–H groups in total. The molecule has 1 aliphatic rings. The summed E-state index contributed by atoms with van der Waals surface area (Å²) in [5.41, 5.74) is 2.18. The van der Waals surface area contributed by atoms with Crippen molar-refractivity contribution in [3.63, 3.8) is 0 Å². The second-order valence-electron chi connectivity index (χ2n) is 8.22. The molecule has 0 bridgehead atoms. The Bertz CT molecular complexity index is 1150. The Balaban J connectivity index is 1.49. The van der Waals surface area contributed by atoms with E-state index in [1.54, 1.807) is 26.5 Å². The molecule has 0 spiro atoms. The topological polar surface area (TPSA) is 47.5 Å². The number of piperidine rings is 1. The number of methoxy groups -OCH3 is 2. The van der Waals surface area contributed by atoms with Gasteiger partial charge in [-0.25, -0.2) is 9.97 Å². The van der Waals surface area contributed by atoms with Gasteiger partial charge in [0, 0.05) is 24.2 Å². The lowest BCUT2D eigenvalue weighted by molar-refractivity contribution is -0.137. The van der Waals surface area contributed by atoms with Crippen LogP contribution >= 0.6 is 11.6 Å². The number of benzene rings is 2. The van der Waals surface area contributed by atoms with E-state index < -0.39 is 11.7 Å². The van der Waals surface area contributed by atoms with Crippen molar-refractivity contribution in [2.45, 2.75) is 31.5 Å². The van der Waals surface area contributed by atoms with Crippen molar-refractivity contribution < 1.29 is 22.6 Å². The summed E-state index contributed by atoms with van der Waals surface area (Å²) in [6.07, 6.45) is 0.320. The van der Waals surface area contributed by atoms with E-state index in [2.05, 4.69) is 14.9 Å². The fourth-order valence-corrected chi connectivity index (χ4v) is 4.70. The van der Waals surface area contributed by atoms with E-state index >= 15 is 0 Å². The Labute approximate surface area is 201 Å². The number of likely N-dealkylation sites (tertiary alicyclic amines) is 1. The van der Waals surface area contributed by atoms with Gasteiger partial charge in [-0.2, -0.15) is 13.2 Å². The maximum Gasteiger partial charge on any atom is 0.416 e. The van der Waals surface area contributed by atoms with E-state index in [1.807, 2.05) is 12.1 Å². The largest absolute Gasteiger partial charge is 0.493 e. The van der Waals surface area contributed by atoms with Gasteiger partial charge in [-0.15, -0.1) is 0 Å². The lowest BCUT2D eigenvalue weighted by Crippen LogP contribution is -2.33. The predicted molar refractivity (Wildman–Crippen MR) is 124 cm³/mol. The van der Waals surface area contributed by atoms with Crippen molar-refractivity contribution in [1.82, 2.24) is 14.9 Å². The zero-order valence-electron chi connectivity index (χ0n) is 18.9. The molecule has 1 aromatic heterocycles. The molecule has 0 saturated carbocycles. The average Bonchev–Trinajstić information content (AvgIpc) is 2.85. The number of hydrogen-bond donors (Lipinski definition) is 0. The maximum absolute atomic E-state index is 13.2. The van der Waals surface area contributed by atoms with Gasteiger partial charge in [0.25, 0.3) is 0 Å². The van der Waals surface area contributed by atoms with Crippen molar-refractivity contribution in [1.29, 1.82) is 0 Å². The Kier molecular flexibility index (Phi) is 7.28. The van der Waals surface area contributed by atoms with Crippen LogP contribution in [-0.2, 0) is 12.7 Å². The van der Waals surface area contributed by atoms with Crippen LogP contribution in [0.1, 0.15) is 35.6 Å². The van der Waals surface area contributed by atoms with Crippen LogP contribution in [0.5, 0.6) is 11.5 Å². The minimum Gasteiger partial charge on any atom is -0.493 e. The average molecular weight is 492 g/mol. The van der Waals surface area contributed by atoms with E-state index in [0.29, 0.717) is 34.2 Å². The van der Waals surface area contributed by atoms with Crippen LogP contribution in [0.4, 0.5) is 13.2 Å². The number of hydrogen-bond acceptors (Lipinski definition) is 5. The first-order chi connectivity index (χ1) is 16.3. The Morgan fingerprint density at radius 3 is 2.53 bits per heavy atom. The summed E-state index contributed by atoms with van der Waals surface area (Å²) in [6, 6.07) is 9.11. The van der Waals surface area contributed by atoms with Crippen LogP contribution < -0.4 is 9.47 Å². The fourth-order valence-electron chi connectivity index (χ4n) is 4.41. The minimum absolute atomic E-state index is 0.129. The van der Waals surface area contributed by atoms with E-state index in [0.717, 1.165) is 49.3 Å². The third-order valence-corrected chi connectivity index (χ3v) is 6.59. The molecule has 0 radical (unpaired) electrons. The number of rotatable bonds is 6. The van der Waals surface area contributed by atoms with Crippen LogP contribution in [0.3, 0.4) is 0 Å². The number of alkyl halides is 3. The third-order valence-electron chi connectivity index (χ3n) is 6.18. The van der Waals surface area contributed by atoms with Crippen LogP contribution in [0.25, 0.3) is 11.1 Å². The molecule has 1 saturated heterocycles. The molecule has 1 fully saturated rings. The molecule has 1 aliphatic heterocycles. The van der Waals surface area contributed by atoms with Gasteiger partial charge in [0.05, 0.1) is 30.5 Å². The second kappa shape index (κ2) is 10.2. The Morgan fingerprint density at radius 1 is 1.09 bits per heavy atom. The molecule has 3 aromatic rings. The number of nitrogens with zero attached hydrogens (tertiary/aromatic N) is 3. The molecule has 2 aromatic carbocycles. The van der Waals surface area contributed by atoms with Crippen LogP contribution in [0.2, 0.25) is 5.02 Å². The highest BCUT2D eigenvalue weighted by molar-refractivity contribution is 6.33. The molecular weight excluding hydrogens is 467 g/mol. The zero-order chi connectivity index (χ0) is 24.3. The highest BCUT2D eigenvalue weighted by atomic mass is 35.5. The van der Waals surface area contributed by atoms with Crippen LogP contribution in [0.15, 0.2) is 48.9 Å². The molecule has 9 heteroatoms. The Morgan fingerprint density at radius 2 is 1.85 bits per heavy atom. The van der Waals surface area contributed by atoms with Crippen molar-refractivity contribution in [2.75, 3.05) is 27.3 Å². The Hall–Kier alpha value is -2.84. The van der Waals surface area contributed by atoms with Crippen LogP contribution in [0, 0.1) is 0 Å². The minimum atomic E-state index is -4.40. The maximum atomic E-state index is 13.2. The van der Waals surface area contributed by atoms with Crippen molar-refractivity contribution in [3.8, 4) is 22.6 Å². The molecule has 180 valence electrons. The first-order valence-electron chi connectivity index (χ1n) is 10.9. The molecule has 4 rings (SSSR count). The summed E-state index contributed by atoms with van der Waals surface area (Å²) in [5, 5.41) is 0.534. The van der Waals surface area contributed by atoms with Gasteiger partial charge >= 0.3 is 6.18 Å². The quantitative estimate of drug-likeness (QED) is 0.410. The molecule has 0 atom stereocenters. The second-order valence-corrected chi connectivity index (χ2v) is 8.60. The fraction of sp³-hybridized carbons (Fsp3) is 0.360. The SMILES string of the molecule is COc1ccc(CN2CCC(c3ncncc3-c3cccc(C(F)(F)F)c3)CC2)c(Cl)c1OC. The molecule has 0 unspecified atom stereocenters. The summed E-state index contributed by atoms with van der Waals surface area (Å²) >= 11 is 6.54. The lowest BCUT2D eigenvalue weighted by atomic mass is 9.88. The molecule has 34 heavy (non-hydrogen) atoms. The lowest BCUT2D eigenvalue weighted by Gasteiger charge is -2.32. The van der Waals surface area contributed by atoms with E-state index in [1.165, 1.54) is 12.4 Å². The number of ether oxygens (including phenoxy) is 2. The number of halogens is 4. The van der Waals surface area contributed by atoms with Crippen molar-refractivity contribution in [2.24, 2.45) is 0 Å².